The van der Waals surface area contributed by atoms with Crippen molar-refractivity contribution in [1.82, 2.24) is 9.88 Å². The number of rotatable bonds is 3. The third-order valence-corrected chi connectivity index (χ3v) is 4.10. The van der Waals surface area contributed by atoms with Gasteiger partial charge in [0, 0.05) is 17.8 Å². The Kier molecular flexibility index (Phi) is 4.24. The summed E-state index contributed by atoms with van der Waals surface area (Å²) in [5, 5.41) is 1.20. The molecule has 2 heterocycles. The molecule has 1 saturated heterocycles. The molecule has 2 nitrogen and oxygen atoms in total. The molecular weight excluding hydrogens is 216 g/mol. The molecule has 0 amide bonds. The van der Waals surface area contributed by atoms with E-state index in [0.717, 1.165) is 6.54 Å². The molecule has 0 saturated carbocycles. The Morgan fingerprint density at radius 3 is 3.12 bits per heavy atom. The highest BCUT2D eigenvalue weighted by Crippen LogP contribution is 2.34. The maximum atomic E-state index is 4.48. The third kappa shape index (κ3) is 2.41. The van der Waals surface area contributed by atoms with Crippen molar-refractivity contribution >= 4 is 11.8 Å². The fourth-order valence-electron chi connectivity index (χ4n) is 2.55. The number of thioether (sulfide) groups is 1. The molecule has 3 heteroatoms. The van der Waals surface area contributed by atoms with Crippen LogP contribution in [0.5, 0.6) is 0 Å². The van der Waals surface area contributed by atoms with Crippen molar-refractivity contribution in [2.75, 3.05) is 19.3 Å². The summed E-state index contributed by atoms with van der Waals surface area (Å²) in [4.78, 5) is 7.06. The molecule has 0 spiro atoms. The molecule has 1 atom stereocenters. The molecule has 1 aliphatic rings. The zero-order valence-corrected chi connectivity index (χ0v) is 11.0. The number of hydrogen-bond donors (Lipinski definition) is 0. The topological polar surface area (TPSA) is 16.1 Å². The molecule has 1 fully saturated rings. The quantitative estimate of drug-likeness (QED) is 0.749. The number of pyridine rings is 1. The monoisotopic (exact) mass is 236 g/mol. The zero-order chi connectivity index (χ0) is 11.4. The summed E-state index contributed by atoms with van der Waals surface area (Å²) in [6, 6.07) is 4.91. The molecule has 88 valence electrons. The Hall–Kier alpha value is -0.540. The van der Waals surface area contributed by atoms with Crippen molar-refractivity contribution in [3.05, 3.63) is 23.9 Å². The van der Waals surface area contributed by atoms with Crippen LogP contribution in [-0.4, -0.2) is 29.2 Å². The van der Waals surface area contributed by atoms with Gasteiger partial charge >= 0.3 is 0 Å². The molecule has 0 bridgehead atoms. The van der Waals surface area contributed by atoms with Crippen LogP contribution >= 0.6 is 11.8 Å². The Morgan fingerprint density at radius 1 is 1.50 bits per heavy atom. The molecule has 0 N–H and O–H groups in total. The van der Waals surface area contributed by atoms with E-state index in [0.29, 0.717) is 6.04 Å². The maximum absolute atomic E-state index is 4.48. The van der Waals surface area contributed by atoms with E-state index in [1.54, 1.807) is 11.8 Å². The Balaban J connectivity index is 2.26. The van der Waals surface area contributed by atoms with Gasteiger partial charge in [0.2, 0.25) is 0 Å². The van der Waals surface area contributed by atoms with Crippen molar-refractivity contribution in [2.24, 2.45) is 0 Å². The van der Waals surface area contributed by atoms with Gasteiger partial charge < -0.3 is 0 Å². The standard InChI is InChI=1S/C13H20N2S/c1-3-15-10-5-4-8-12(15)11-7-6-9-14-13(11)16-2/h6-7,9,12H,3-5,8,10H2,1-2H3. The minimum absolute atomic E-state index is 0.592. The van der Waals surface area contributed by atoms with Crippen molar-refractivity contribution in [3.8, 4) is 0 Å². The van der Waals surface area contributed by atoms with Crippen molar-refractivity contribution < 1.29 is 0 Å². The largest absolute Gasteiger partial charge is 0.297 e. The van der Waals surface area contributed by atoms with E-state index in [1.807, 2.05) is 6.20 Å². The van der Waals surface area contributed by atoms with Crippen molar-refractivity contribution in [1.29, 1.82) is 0 Å². The van der Waals surface area contributed by atoms with Gasteiger partial charge in [-0.15, -0.1) is 11.8 Å². The summed E-state index contributed by atoms with van der Waals surface area (Å²) in [6.45, 7) is 4.64. The van der Waals surface area contributed by atoms with Gasteiger partial charge in [0.05, 0.1) is 0 Å². The van der Waals surface area contributed by atoms with E-state index >= 15 is 0 Å². The SMILES string of the molecule is CCN1CCCCC1c1cccnc1SC. The second-order valence-electron chi connectivity index (χ2n) is 4.24. The minimum atomic E-state index is 0.592. The van der Waals surface area contributed by atoms with Crippen molar-refractivity contribution in [3.63, 3.8) is 0 Å². The van der Waals surface area contributed by atoms with Crippen LogP contribution in [0.3, 0.4) is 0 Å². The maximum Gasteiger partial charge on any atom is 0.100 e. The van der Waals surface area contributed by atoms with Gasteiger partial charge in [-0.3, -0.25) is 4.90 Å². The molecule has 0 aromatic carbocycles. The van der Waals surface area contributed by atoms with E-state index in [2.05, 4.69) is 35.2 Å². The first kappa shape index (κ1) is 11.9. The van der Waals surface area contributed by atoms with Gasteiger partial charge in [-0.2, -0.15) is 0 Å². The molecule has 1 unspecified atom stereocenters. The van der Waals surface area contributed by atoms with Crippen LogP contribution in [0.2, 0.25) is 0 Å². The van der Waals surface area contributed by atoms with Gasteiger partial charge in [-0.25, -0.2) is 4.98 Å². The number of likely N-dealkylation sites (tertiary alicyclic amines) is 1. The predicted octanol–water partition coefficient (Wildman–Crippen LogP) is 3.35. The lowest BCUT2D eigenvalue weighted by atomic mass is 9.96. The van der Waals surface area contributed by atoms with Crippen LogP contribution in [0.15, 0.2) is 23.4 Å². The average molecular weight is 236 g/mol. The Bertz CT molecular complexity index is 340. The lowest BCUT2D eigenvalue weighted by molar-refractivity contribution is 0.154. The lowest BCUT2D eigenvalue weighted by Crippen LogP contribution is -2.33. The molecular formula is C13H20N2S. The van der Waals surface area contributed by atoms with Gasteiger partial charge in [0.1, 0.15) is 5.03 Å². The number of aromatic nitrogens is 1. The van der Waals surface area contributed by atoms with Crippen LogP contribution in [0.1, 0.15) is 37.8 Å². The van der Waals surface area contributed by atoms with Gasteiger partial charge in [-0.05, 0) is 38.3 Å². The van der Waals surface area contributed by atoms with Crippen LogP contribution in [0.4, 0.5) is 0 Å². The molecule has 16 heavy (non-hydrogen) atoms. The summed E-state index contributed by atoms with van der Waals surface area (Å²) in [5.74, 6) is 0. The van der Waals surface area contributed by atoms with Crippen LogP contribution in [0, 0.1) is 0 Å². The summed E-state index contributed by atoms with van der Waals surface area (Å²) in [5.41, 5.74) is 1.43. The number of hydrogen-bond acceptors (Lipinski definition) is 3. The summed E-state index contributed by atoms with van der Waals surface area (Å²) in [7, 11) is 0. The van der Waals surface area contributed by atoms with Crippen LogP contribution in [-0.2, 0) is 0 Å². The van der Waals surface area contributed by atoms with Crippen molar-refractivity contribution in [2.45, 2.75) is 37.3 Å². The fourth-order valence-corrected chi connectivity index (χ4v) is 3.16. The van der Waals surface area contributed by atoms with Gasteiger partial charge in [-0.1, -0.05) is 19.4 Å². The van der Waals surface area contributed by atoms with E-state index < -0.39 is 0 Å². The summed E-state index contributed by atoms with van der Waals surface area (Å²) >= 11 is 1.76. The molecule has 1 aliphatic heterocycles. The first-order valence-electron chi connectivity index (χ1n) is 6.09. The van der Waals surface area contributed by atoms with Gasteiger partial charge in [0.15, 0.2) is 0 Å². The van der Waals surface area contributed by atoms with E-state index in [-0.39, 0.29) is 0 Å². The predicted molar refractivity (Wildman–Crippen MR) is 69.9 cm³/mol. The molecule has 1 aromatic rings. The van der Waals surface area contributed by atoms with E-state index in [1.165, 1.54) is 36.4 Å². The highest BCUT2D eigenvalue weighted by molar-refractivity contribution is 7.98. The van der Waals surface area contributed by atoms with Crippen LogP contribution in [0.25, 0.3) is 0 Å². The molecule has 0 aliphatic carbocycles. The number of piperidine rings is 1. The second-order valence-corrected chi connectivity index (χ2v) is 5.04. The summed E-state index contributed by atoms with van der Waals surface area (Å²) < 4.78 is 0. The average Bonchev–Trinajstić information content (AvgIpc) is 2.38. The first-order valence-corrected chi connectivity index (χ1v) is 7.32. The highest BCUT2D eigenvalue weighted by Gasteiger charge is 2.24. The second kappa shape index (κ2) is 5.69. The smallest absolute Gasteiger partial charge is 0.100 e. The molecule has 2 rings (SSSR count). The third-order valence-electron chi connectivity index (χ3n) is 3.37. The lowest BCUT2D eigenvalue weighted by Gasteiger charge is -2.35. The molecule has 1 aromatic heterocycles. The zero-order valence-electron chi connectivity index (χ0n) is 10.1. The highest BCUT2D eigenvalue weighted by atomic mass is 32.2. The fraction of sp³-hybridized carbons (Fsp3) is 0.615. The molecule has 0 radical (unpaired) electrons. The minimum Gasteiger partial charge on any atom is -0.297 e. The number of nitrogens with zero attached hydrogens (tertiary/aromatic N) is 2. The Morgan fingerprint density at radius 2 is 2.38 bits per heavy atom. The van der Waals surface area contributed by atoms with Crippen LogP contribution < -0.4 is 0 Å². The van der Waals surface area contributed by atoms with E-state index in [4.69, 9.17) is 0 Å². The van der Waals surface area contributed by atoms with Gasteiger partial charge in [0.25, 0.3) is 0 Å². The Labute approximate surface area is 102 Å². The summed E-state index contributed by atoms with van der Waals surface area (Å²) in [6.07, 6.45) is 8.00. The first-order chi connectivity index (χ1) is 7.86. The van der Waals surface area contributed by atoms with E-state index in [9.17, 15) is 0 Å². The normalized spacial score (nSPS) is 22.2.